The Morgan fingerprint density at radius 1 is 0.722 bits per heavy atom. The van der Waals surface area contributed by atoms with E-state index in [0.717, 1.165) is 27.8 Å². The van der Waals surface area contributed by atoms with E-state index in [4.69, 9.17) is 0 Å². The predicted octanol–water partition coefficient (Wildman–Crippen LogP) is 3.40. The summed E-state index contributed by atoms with van der Waals surface area (Å²) in [6.07, 6.45) is 0. The molecule has 0 unspecified atom stereocenters. The average molecular weight is 244 g/mol. The third-order valence-electron chi connectivity index (χ3n) is 3.33. The molecule has 0 atom stereocenters. The Kier molecular flexibility index (Phi) is 2.91. The van der Waals surface area contributed by atoms with E-state index in [1.807, 2.05) is 20.8 Å². The van der Waals surface area contributed by atoms with Gasteiger partial charge in [-0.05, 0) is 66.8 Å². The molecule has 0 radical (unpaired) electrons. The topological polar surface area (TPSA) is 60.7 Å². The molecule has 94 valence electrons. The molecule has 2 aromatic carbocycles. The van der Waals surface area contributed by atoms with Gasteiger partial charge in [-0.15, -0.1) is 0 Å². The molecule has 0 spiro atoms. The van der Waals surface area contributed by atoms with Crippen molar-refractivity contribution >= 4 is 0 Å². The number of aromatic hydroxyl groups is 3. The van der Waals surface area contributed by atoms with Crippen LogP contribution in [0.1, 0.15) is 16.7 Å². The van der Waals surface area contributed by atoms with Gasteiger partial charge in [0.05, 0.1) is 0 Å². The zero-order valence-electron chi connectivity index (χ0n) is 10.7. The summed E-state index contributed by atoms with van der Waals surface area (Å²) in [7, 11) is 0. The summed E-state index contributed by atoms with van der Waals surface area (Å²) >= 11 is 0. The normalized spacial score (nSPS) is 10.6. The van der Waals surface area contributed by atoms with E-state index in [9.17, 15) is 15.3 Å². The van der Waals surface area contributed by atoms with Gasteiger partial charge in [-0.1, -0.05) is 6.07 Å². The fourth-order valence-corrected chi connectivity index (χ4v) is 2.18. The van der Waals surface area contributed by atoms with E-state index in [2.05, 4.69) is 0 Å². The molecule has 3 nitrogen and oxygen atoms in total. The molecule has 2 rings (SSSR count). The first-order chi connectivity index (χ1) is 8.41. The maximum absolute atomic E-state index is 9.76. The van der Waals surface area contributed by atoms with Crippen molar-refractivity contribution in [3.8, 4) is 28.4 Å². The van der Waals surface area contributed by atoms with Gasteiger partial charge in [0.2, 0.25) is 0 Å². The van der Waals surface area contributed by atoms with E-state index in [1.165, 1.54) is 12.1 Å². The van der Waals surface area contributed by atoms with E-state index < -0.39 is 0 Å². The molecule has 0 aliphatic carbocycles. The van der Waals surface area contributed by atoms with Crippen molar-refractivity contribution in [1.82, 2.24) is 0 Å². The minimum Gasteiger partial charge on any atom is -0.508 e. The summed E-state index contributed by atoms with van der Waals surface area (Å²) in [4.78, 5) is 0. The molecule has 0 aliphatic heterocycles. The molecule has 0 amide bonds. The Morgan fingerprint density at radius 3 is 2.00 bits per heavy atom. The summed E-state index contributed by atoms with van der Waals surface area (Å²) in [5.74, 6) is -0.00154. The lowest BCUT2D eigenvalue weighted by Crippen LogP contribution is -1.92. The highest BCUT2D eigenvalue weighted by Gasteiger charge is 2.12. The van der Waals surface area contributed by atoms with Crippen molar-refractivity contribution in [3.05, 3.63) is 41.0 Å². The third kappa shape index (κ3) is 1.88. The minimum absolute atomic E-state index is 0.135. The molecule has 0 aliphatic rings. The Hall–Kier alpha value is -2.16. The largest absolute Gasteiger partial charge is 0.508 e. The number of aryl methyl sites for hydroxylation is 1. The van der Waals surface area contributed by atoms with Crippen LogP contribution in [0.4, 0.5) is 0 Å². The molecular weight excluding hydrogens is 228 g/mol. The Balaban J connectivity index is 2.71. The monoisotopic (exact) mass is 244 g/mol. The van der Waals surface area contributed by atoms with Gasteiger partial charge in [-0.25, -0.2) is 0 Å². The minimum atomic E-state index is -0.142. The molecule has 0 saturated carbocycles. The van der Waals surface area contributed by atoms with Crippen molar-refractivity contribution in [3.63, 3.8) is 0 Å². The molecule has 2 aromatic rings. The third-order valence-corrected chi connectivity index (χ3v) is 3.33. The molecule has 0 heterocycles. The zero-order valence-corrected chi connectivity index (χ0v) is 10.7. The molecule has 0 saturated heterocycles. The fourth-order valence-electron chi connectivity index (χ4n) is 2.18. The Labute approximate surface area is 106 Å². The van der Waals surface area contributed by atoms with Gasteiger partial charge < -0.3 is 15.3 Å². The summed E-state index contributed by atoms with van der Waals surface area (Å²) in [6.45, 7) is 5.70. The van der Waals surface area contributed by atoms with Gasteiger partial charge in [0.25, 0.3) is 0 Å². The fraction of sp³-hybridized carbons (Fsp3) is 0.200. The first kappa shape index (κ1) is 12.3. The van der Waals surface area contributed by atoms with Gasteiger partial charge in [0.15, 0.2) is 11.5 Å². The highest BCUT2D eigenvalue weighted by atomic mass is 16.3. The molecule has 3 N–H and O–H groups in total. The van der Waals surface area contributed by atoms with E-state index >= 15 is 0 Å². The lowest BCUT2D eigenvalue weighted by atomic mass is 9.92. The predicted molar refractivity (Wildman–Crippen MR) is 71.1 cm³/mol. The second-order valence-corrected chi connectivity index (χ2v) is 4.54. The lowest BCUT2D eigenvalue weighted by Gasteiger charge is -2.14. The Bertz CT molecular complexity index is 616. The van der Waals surface area contributed by atoms with Crippen LogP contribution >= 0.6 is 0 Å². The molecular formula is C15H16O3. The van der Waals surface area contributed by atoms with E-state index in [0.29, 0.717) is 0 Å². The summed E-state index contributed by atoms with van der Waals surface area (Å²) in [6, 6.07) is 6.45. The standard InChI is InChI=1S/C15H16O3/c1-8-6-13(17)9(2)10(3)15(8)11-4-5-12(16)14(18)7-11/h4-7,16-18H,1-3H3. The van der Waals surface area contributed by atoms with Crippen LogP contribution in [0, 0.1) is 20.8 Å². The van der Waals surface area contributed by atoms with E-state index in [1.54, 1.807) is 12.1 Å². The first-order valence-electron chi connectivity index (χ1n) is 5.74. The molecule has 0 bridgehead atoms. The van der Waals surface area contributed by atoms with Gasteiger partial charge in [-0.2, -0.15) is 0 Å². The van der Waals surface area contributed by atoms with Gasteiger partial charge in [-0.3, -0.25) is 0 Å². The maximum atomic E-state index is 9.76. The quantitative estimate of drug-likeness (QED) is 0.674. The summed E-state index contributed by atoms with van der Waals surface area (Å²) in [5, 5.41) is 28.7. The summed E-state index contributed by atoms with van der Waals surface area (Å²) < 4.78 is 0. The smallest absolute Gasteiger partial charge is 0.158 e. The number of hydrogen-bond donors (Lipinski definition) is 3. The van der Waals surface area contributed by atoms with Crippen molar-refractivity contribution < 1.29 is 15.3 Å². The van der Waals surface area contributed by atoms with Gasteiger partial charge >= 0.3 is 0 Å². The maximum Gasteiger partial charge on any atom is 0.158 e. The highest BCUT2D eigenvalue weighted by molar-refractivity contribution is 5.75. The lowest BCUT2D eigenvalue weighted by molar-refractivity contribution is 0.404. The van der Waals surface area contributed by atoms with Crippen LogP contribution in [0.5, 0.6) is 17.2 Å². The summed E-state index contributed by atoms with van der Waals surface area (Å²) in [5.41, 5.74) is 4.52. The highest BCUT2D eigenvalue weighted by Crippen LogP contribution is 2.37. The van der Waals surface area contributed by atoms with Crippen LogP contribution in [0.2, 0.25) is 0 Å². The zero-order chi connectivity index (χ0) is 13.4. The van der Waals surface area contributed by atoms with Crippen LogP contribution in [0.15, 0.2) is 24.3 Å². The van der Waals surface area contributed by atoms with Crippen LogP contribution in [0.25, 0.3) is 11.1 Å². The molecule has 0 fully saturated rings. The number of phenols is 3. The van der Waals surface area contributed by atoms with E-state index in [-0.39, 0.29) is 17.2 Å². The van der Waals surface area contributed by atoms with Crippen molar-refractivity contribution in [2.75, 3.05) is 0 Å². The average Bonchev–Trinajstić information content (AvgIpc) is 2.31. The van der Waals surface area contributed by atoms with Crippen LogP contribution < -0.4 is 0 Å². The van der Waals surface area contributed by atoms with Gasteiger partial charge in [0, 0.05) is 0 Å². The number of benzene rings is 2. The molecule has 3 heteroatoms. The number of phenolic OH excluding ortho intramolecular Hbond substituents is 3. The van der Waals surface area contributed by atoms with Crippen molar-refractivity contribution in [1.29, 1.82) is 0 Å². The second-order valence-electron chi connectivity index (χ2n) is 4.54. The second kappa shape index (κ2) is 4.26. The van der Waals surface area contributed by atoms with Crippen molar-refractivity contribution in [2.24, 2.45) is 0 Å². The molecule has 0 aromatic heterocycles. The number of hydrogen-bond acceptors (Lipinski definition) is 3. The Morgan fingerprint density at radius 2 is 1.39 bits per heavy atom. The van der Waals surface area contributed by atoms with Crippen molar-refractivity contribution in [2.45, 2.75) is 20.8 Å². The first-order valence-corrected chi connectivity index (χ1v) is 5.74. The number of rotatable bonds is 1. The molecule has 18 heavy (non-hydrogen) atoms. The van der Waals surface area contributed by atoms with Crippen LogP contribution in [-0.2, 0) is 0 Å². The SMILES string of the molecule is Cc1cc(O)c(C)c(C)c1-c1ccc(O)c(O)c1. The van der Waals surface area contributed by atoms with Gasteiger partial charge in [0.1, 0.15) is 5.75 Å². The van der Waals surface area contributed by atoms with Crippen LogP contribution in [0.3, 0.4) is 0 Å². The van der Waals surface area contributed by atoms with Crippen LogP contribution in [-0.4, -0.2) is 15.3 Å².